The summed E-state index contributed by atoms with van der Waals surface area (Å²) in [6.45, 7) is 7.46. The van der Waals surface area contributed by atoms with E-state index in [9.17, 15) is 19.2 Å². The number of carbonyl (C=O) groups excluding carboxylic acids is 4. The van der Waals surface area contributed by atoms with Gasteiger partial charge in [-0.3, -0.25) is 14.5 Å². The van der Waals surface area contributed by atoms with E-state index in [1.54, 1.807) is 6.92 Å². The van der Waals surface area contributed by atoms with Gasteiger partial charge < -0.3 is 15.4 Å². The van der Waals surface area contributed by atoms with Crippen LogP contribution in [0.3, 0.4) is 0 Å². The summed E-state index contributed by atoms with van der Waals surface area (Å²) in [4.78, 5) is 53.9. The molecule has 0 bridgehead atoms. The Balaban J connectivity index is 1.56. The number of hydrogen-bond acceptors (Lipinski definition) is 6. The Bertz CT molecular complexity index is 1170. The first-order valence-electron chi connectivity index (χ1n) is 12.0. The molecule has 0 radical (unpaired) electrons. The molecule has 2 aliphatic rings. The second kappa shape index (κ2) is 9.81. The van der Waals surface area contributed by atoms with Crippen LogP contribution in [0, 0.1) is 12.8 Å². The van der Waals surface area contributed by atoms with Gasteiger partial charge in [-0.25, -0.2) is 9.59 Å². The summed E-state index contributed by atoms with van der Waals surface area (Å²) in [6.07, 6.45) is 2.90. The molecule has 1 fully saturated rings. The van der Waals surface area contributed by atoms with E-state index in [2.05, 4.69) is 17.6 Å². The number of nitrogens with one attached hydrogen (secondary N) is 2. The standard InChI is InChI=1S/C26H31N3O5S/c1-5-26(17-10-7-15(3)8-11-17)24(32)29(25(33)28-26)14-20(30)27-22-21(23(31)34-6-2)18-12-9-16(4)13-19(18)35-22/h7-8,10-11,16H,5-6,9,12-14H2,1-4H3,(H,27,30)(H,28,33)/t16-,26+/m0/s1. The maximum atomic E-state index is 13.4. The lowest BCUT2D eigenvalue weighted by Gasteiger charge is -2.25. The summed E-state index contributed by atoms with van der Waals surface area (Å²) < 4.78 is 5.26. The molecule has 2 heterocycles. The lowest BCUT2D eigenvalue weighted by Crippen LogP contribution is -2.44. The molecule has 1 aliphatic heterocycles. The molecule has 0 spiro atoms. The van der Waals surface area contributed by atoms with Crippen molar-refractivity contribution in [3.8, 4) is 0 Å². The Morgan fingerprint density at radius 1 is 1.23 bits per heavy atom. The number of nitrogens with zero attached hydrogens (tertiary/aromatic N) is 1. The van der Waals surface area contributed by atoms with Gasteiger partial charge in [0.05, 0.1) is 12.2 Å². The van der Waals surface area contributed by atoms with Crippen molar-refractivity contribution in [2.24, 2.45) is 5.92 Å². The van der Waals surface area contributed by atoms with E-state index in [0.29, 0.717) is 28.5 Å². The third-order valence-corrected chi connectivity index (χ3v) is 7.97. The van der Waals surface area contributed by atoms with Crippen molar-refractivity contribution in [3.63, 3.8) is 0 Å². The van der Waals surface area contributed by atoms with Gasteiger partial charge in [-0.1, -0.05) is 43.7 Å². The Kier molecular flexibility index (Phi) is 6.98. The summed E-state index contributed by atoms with van der Waals surface area (Å²) in [6, 6.07) is 6.81. The maximum Gasteiger partial charge on any atom is 0.341 e. The van der Waals surface area contributed by atoms with Crippen LogP contribution >= 0.6 is 11.3 Å². The lowest BCUT2D eigenvalue weighted by atomic mass is 9.87. The Hall–Kier alpha value is -3.20. The normalized spacial score (nSPS) is 21.5. The average molecular weight is 498 g/mol. The topological polar surface area (TPSA) is 105 Å². The van der Waals surface area contributed by atoms with Gasteiger partial charge in [0, 0.05) is 4.88 Å². The van der Waals surface area contributed by atoms with E-state index in [1.807, 2.05) is 38.1 Å². The molecule has 2 N–H and O–H groups in total. The Morgan fingerprint density at radius 2 is 1.94 bits per heavy atom. The molecule has 186 valence electrons. The van der Waals surface area contributed by atoms with Crippen molar-refractivity contribution in [3.05, 3.63) is 51.4 Å². The number of anilines is 1. The molecule has 4 rings (SSSR count). The molecule has 0 saturated carbocycles. The monoisotopic (exact) mass is 497 g/mol. The SMILES string of the molecule is CCOC(=O)c1c(NC(=O)CN2C(=O)N[C@](CC)(c3ccc(C)cc3)C2=O)sc2c1CC[C@H](C)C2. The number of rotatable bonds is 7. The molecular weight excluding hydrogens is 466 g/mol. The molecule has 1 aromatic heterocycles. The smallest absolute Gasteiger partial charge is 0.341 e. The molecule has 2 atom stereocenters. The molecule has 0 unspecified atom stereocenters. The van der Waals surface area contributed by atoms with E-state index >= 15 is 0 Å². The Morgan fingerprint density at radius 3 is 2.60 bits per heavy atom. The first-order chi connectivity index (χ1) is 16.7. The van der Waals surface area contributed by atoms with Crippen molar-refractivity contribution in [2.75, 3.05) is 18.5 Å². The number of carbonyl (C=O) groups is 4. The van der Waals surface area contributed by atoms with Crippen LogP contribution in [0.2, 0.25) is 0 Å². The van der Waals surface area contributed by atoms with Gasteiger partial charge in [-0.15, -0.1) is 11.3 Å². The van der Waals surface area contributed by atoms with E-state index in [4.69, 9.17) is 4.74 Å². The van der Waals surface area contributed by atoms with Crippen molar-refractivity contribution in [2.45, 2.75) is 58.9 Å². The fourth-order valence-corrected chi connectivity index (χ4v) is 6.23. The summed E-state index contributed by atoms with van der Waals surface area (Å²) in [5.41, 5.74) is 1.84. The van der Waals surface area contributed by atoms with Crippen LogP contribution in [0.5, 0.6) is 0 Å². The van der Waals surface area contributed by atoms with Crippen molar-refractivity contribution < 1.29 is 23.9 Å². The molecule has 1 aromatic carbocycles. The van der Waals surface area contributed by atoms with E-state index in [0.717, 1.165) is 40.2 Å². The second-order valence-corrected chi connectivity index (χ2v) is 10.4. The second-order valence-electron chi connectivity index (χ2n) is 9.27. The van der Waals surface area contributed by atoms with Crippen LogP contribution < -0.4 is 10.6 Å². The van der Waals surface area contributed by atoms with Crippen molar-refractivity contribution in [1.29, 1.82) is 0 Å². The predicted molar refractivity (Wildman–Crippen MR) is 133 cm³/mol. The quantitative estimate of drug-likeness (QED) is 0.442. The van der Waals surface area contributed by atoms with Gasteiger partial charge in [-0.2, -0.15) is 0 Å². The first-order valence-corrected chi connectivity index (χ1v) is 12.8. The molecule has 1 saturated heterocycles. The minimum absolute atomic E-state index is 0.230. The highest BCUT2D eigenvalue weighted by molar-refractivity contribution is 7.17. The van der Waals surface area contributed by atoms with Gasteiger partial charge in [0.25, 0.3) is 5.91 Å². The number of esters is 1. The number of amides is 4. The van der Waals surface area contributed by atoms with Gasteiger partial charge in [0.1, 0.15) is 17.1 Å². The van der Waals surface area contributed by atoms with Crippen LogP contribution in [0.15, 0.2) is 24.3 Å². The third kappa shape index (κ3) is 4.57. The van der Waals surface area contributed by atoms with E-state index < -0.39 is 35.9 Å². The van der Waals surface area contributed by atoms with Crippen molar-refractivity contribution in [1.82, 2.24) is 10.2 Å². The van der Waals surface area contributed by atoms with Crippen LogP contribution in [-0.4, -0.2) is 41.9 Å². The van der Waals surface area contributed by atoms with Crippen LogP contribution in [-0.2, 0) is 32.7 Å². The van der Waals surface area contributed by atoms with Gasteiger partial charge in [0.15, 0.2) is 0 Å². The lowest BCUT2D eigenvalue weighted by molar-refractivity contribution is -0.134. The molecular formula is C26H31N3O5S. The highest BCUT2D eigenvalue weighted by Gasteiger charge is 2.51. The minimum atomic E-state index is -1.21. The summed E-state index contributed by atoms with van der Waals surface area (Å²) in [5.74, 6) is -0.973. The first kappa shape index (κ1) is 24.9. The summed E-state index contributed by atoms with van der Waals surface area (Å²) in [5, 5.41) is 6.00. The number of aryl methyl sites for hydroxylation is 1. The zero-order valence-electron chi connectivity index (χ0n) is 20.5. The van der Waals surface area contributed by atoms with Gasteiger partial charge >= 0.3 is 12.0 Å². The zero-order valence-corrected chi connectivity index (χ0v) is 21.3. The average Bonchev–Trinajstić information content (AvgIpc) is 3.29. The molecule has 2 aromatic rings. The van der Waals surface area contributed by atoms with Crippen LogP contribution in [0.4, 0.5) is 9.80 Å². The number of urea groups is 1. The number of hydrogen-bond donors (Lipinski definition) is 2. The number of fused-ring (bicyclic) bond motifs is 1. The van der Waals surface area contributed by atoms with E-state index in [-0.39, 0.29) is 6.61 Å². The molecule has 1 aliphatic carbocycles. The molecule has 9 heteroatoms. The largest absolute Gasteiger partial charge is 0.462 e. The van der Waals surface area contributed by atoms with Gasteiger partial charge in [-0.05, 0) is 56.6 Å². The minimum Gasteiger partial charge on any atom is -0.462 e. The van der Waals surface area contributed by atoms with Gasteiger partial charge in [0.2, 0.25) is 5.91 Å². The number of benzene rings is 1. The number of ether oxygens (including phenoxy) is 1. The zero-order chi connectivity index (χ0) is 25.3. The third-order valence-electron chi connectivity index (χ3n) is 6.80. The highest BCUT2D eigenvalue weighted by atomic mass is 32.1. The fourth-order valence-electron chi connectivity index (χ4n) is 4.81. The number of thiophene rings is 1. The highest BCUT2D eigenvalue weighted by Crippen LogP contribution is 2.40. The Labute approximate surface area is 209 Å². The van der Waals surface area contributed by atoms with Crippen molar-refractivity contribution >= 4 is 40.2 Å². The van der Waals surface area contributed by atoms with Crippen LogP contribution in [0.1, 0.15) is 65.5 Å². The molecule has 35 heavy (non-hydrogen) atoms. The number of imide groups is 1. The molecule has 8 nitrogen and oxygen atoms in total. The molecule has 4 amide bonds. The fraction of sp³-hybridized carbons (Fsp3) is 0.462. The maximum absolute atomic E-state index is 13.4. The van der Waals surface area contributed by atoms with Crippen LogP contribution in [0.25, 0.3) is 0 Å². The summed E-state index contributed by atoms with van der Waals surface area (Å²) in [7, 11) is 0. The summed E-state index contributed by atoms with van der Waals surface area (Å²) >= 11 is 1.37. The predicted octanol–water partition coefficient (Wildman–Crippen LogP) is 4.15. The van der Waals surface area contributed by atoms with E-state index in [1.165, 1.54) is 11.3 Å².